The zero-order valence-corrected chi connectivity index (χ0v) is 17.0. The lowest BCUT2D eigenvalue weighted by Gasteiger charge is -2.38. The quantitative estimate of drug-likeness (QED) is 0.615. The number of guanidine groups is 1. The molecule has 0 aliphatic carbocycles. The maximum Gasteiger partial charge on any atom is 0.193 e. The van der Waals surface area contributed by atoms with Gasteiger partial charge in [-0.1, -0.05) is 42.5 Å². The molecule has 1 unspecified atom stereocenters. The van der Waals surface area contributed by atoms with Gasteiger partial charge in [0.25, 0.3) is 0 Å². The van der Waals surface area contributed by atoms with E-state index >= 15 is 0 Å². The number of nitrogens with one attached hydrogen (secondary N) is 1. The number of para-hydroxylation sites is 2. The van der Waals surface area contributed by atoms with Gasteiger partial charge in [0.2, 0.25) is 0 Å². The normalized spacial score (nSPS) is 16.0. The predicted molar refractivity (Wildman–Crippen MR) is 114 cm³/mol. The van der Waals surface area contributed by atoms with Crippen molar-refractivity contribution in [1.29, 1.82) is 0 Å². The summed E-state index contributed by atoms with van der Waals surface area (Å²) in [6.07, 6.45) is -0.00665. The van der Waals surface area contributed by atoms with Crippen molar-refractivity contribution in [3.63, 3.8) is 0 Å². The van der Waals surface area contributed by atoms with Crippen LogP contribution in [-0.2, 0) is 4.74 Å². The lowest BCUT2D eigenvalue weighted by molar-refractivity contribution is 0.105. The fourth-order valence-electron chi connectivity index (χ4n) is 3.57. The summed E-state index contributed by atoms with van der Waals surface area (Å²) in [6.45, 7) is 4.34. The van der Waals surface area contributed by atoms with Gasteiger partial charge in [-0.3, -0.25) is 4.99 Å². The van der Waals surface area contributed by atoms with Crippen LogP contribution >= 0.6 is 0 Å². The van der Waals surface area contributed by atoms with Crippen molar-refractivity contribution < 1.29 is 9.47 Å². The van der Waals surface area contributed by atoms with Gasteiger partial charge in [0.05, 0.1) is 18.9 Å². The van der Waals surface area contributed by atoms with Gasteiger partial charge < -0.3 is 24.6 Å². The van der Waals surface area contributed by atoms with Crippen LogP contribution in [0.15, 0.2) is 59.6 Å². The second-order valence-corrected chi connectivity index (χ2v) is 6.71. The van der Waals surface area contributed by atoms with E-state index in [-0.39, 0.29) is 6.10 Å². The Balaban J connectivity index is 1.56. The van der Waals surface area contributed by atoms with Crippen molar-refractivity contribution in [2.75, 3.05) is 58.9 Å². The van der Waals surface area contributed by atoms with Gasteiger partial charge in [0.1, 0.15) is 5.75 Å². The average molecular weight is 383 g/mol. The maximum atomic E-state index is 5.66. The summed E-state index contributed by atoms with van der Waals surface area (Å²) in [5.41, 5.74) is 2.31. The van der Waals surface area contributed by atoms with Crippen LogP contribution in [0.4, 0.5) is 5.69 Å². The highest BCUT2D eigenvalue weighted by molar-refractivity contribution is 5.80. The van der Waals surface area contributed by atoms with Crippen LogP contribution in [0, 0.1) is 0 Å². The summed E-state index contributed by atoms with van der Waals surface area (Å²) in [4.78, 5) is 9.14. The number of rotatable bonds is 6. The minimum Gasteiger partial charge on any atom is -0.495 e. The van der Waals surface area contributed by atoms with E-state index in [1.54, 1.807) is 14.2 Å². The van der Waals surface area contributed by atoms with E-state index in [4.69, 9.17) is 9.47 Å². The summed E-state index contributed by atoms with van der Waals surface area (Å²) < 4.78 is 11.2. The third-order valence-electron chi connectivity index (χ3n) is 5.12. The number of benzene rings is 2. The fourth-order valence-corrected chi connectivity index (χ4v) is 3.57. The Bertz CT molecular complexity index is 758. The molecule has 0 aromatic heterocycles. The average Bonchev–Trinajstić information content (AvgIpc) is 2.77. The Morgan fingerprint density at radius 2 is 1.68 bits per heavy atom. The summed E-state index contributed by atoms with van der Waals surface area (Å²) in [5.74, 6) is 1.84. The van der Waals surface area contributed by atoms with Crippen molar-refractivity contribution in [2.45, 2.75) is 6.10 Å². The first-order chi connectivity index (χ1) is 13.8. The Kier molecular flexibility index (Phi) is 7.14. The standard InChI is InChI=1S/C22H30N4O2/c1-23-22(24-17-21(28-3)18-9-5-4-6-10-18)26-15-13-25(14-16-26)19-11-7-8-12-20(19)27-2/h4-12,21H,13-17H2,1-3H3,(H,23,24). The maximum absolute atomic E-state index is 5.66. The van der Waals surface area contributed by atoms with Crippen molar-refractivity contribution in [3.8, 4) is 5.75 Å². The first-order valence-corrected chi connectivity index (χ1v) is 9.68. The number of hydrogen-bond acceptors (Lipinski definition) is 4. The van der Waals surface area contributed by atoms with Crippen LogP contribution in [-0.4, -0.2) is 64.9 Å². The Morgan fingerprint density at radius 1 is 1.00 bits per heavy atom. The van der Waals surface area contributed by atoms with Gasteiger partial charge in [-0.2, -0.15) is 0 Å². The van der Waals surface area contributed by atoms with E-state index in [9.17, 15) is 0 Å². The topological polar surface area (TPSA) is 49.3 Å². The Labute approximate surface area is 167 Å². The highest BCUT2D eigenvalue weighted by Gasteiger charge is 2.22. The number of nitrogens with zero attached hydrogens (tertiary/aromatic N) is 3. The van der Waals surface area contributed by atoms with E-state index in [1.165, 1.54) is 0 Å². The fraction of sp³-hybridized carbons (Fsp3) is 0.409. The van der Waals surface area contributed by atoms with Gasteiger partial charge in [-0.15, -0.1) is 0 Å². The third kappa shape index (κ3) is 4.75. The molecule has 150 valence electrons. The van der Waals surface area contributed by atoms with Crippen LogP contribution < -0.4 is 15.0 Å². The Morgan fingerprint density at radius 3 is 2.32 bits per heavy atom. The van der Waals surface area contributed by atoms with Crippen molar-refractivity contribution >= 4 is 11.6 Å². The number of aliphatic imine (C=N–C) groups is 1. The molecule has 6 heteroatoms. The molecule has 0 saturated carbocycles. The minimum absolute atomic E-state index is 0.00665. The molecule has 1 atom stereocenters. The molecule has 3 rings (SSSR count). The van der Waals surface area contributed by atoms with E-state index in [0.29, 0.717) is 6.54 Å². The monoisotopic (exact) mass is 382 g/mol. The van der Waals surface area contributed by atoms with E-state index in [0.717, 1.165) is 49.1 Å². The molecule has 28 heavy (non-hydrogen) atoms. The molecule has 1 aliphatic heterocycles. The van der Waals surface area contributed by atoms with Crippen LogP contribution in [0.25, 0.3) is 0 Å². The minimum atomic E-state index is -0.00665. The molecular weight excluding hydrogens is 352 g/mol. The van der Waals surface area contributed by atoms with Crippen molar-refractivity contribution in [3.05, 3.63) is 60.2 Å². The van der Waals surface area contributed by atoms with Crippen molar-refractivity contribution in [2.24, 2.45) is 4.99 Å². The lowest BCUT2D eigenvalue weighted by Crippen LogP contribution is -2.53. The van der Waals surface area contributed by atoms with Crippen LogP contribution in [0.5, 0.6) is 5.75 Å². The number of hydrogen-bond donors (Lipinski definition) is 1. The summed E-state index contributed by atoms with van der Waals surface area (Å²) in [7, 11) is 5.30. The predicted octanol–water partition coefficient (Wildman–Crippen LogP) is 2.78. The molecule has 1 saturated heterocycles. The zero-order chi connectivity index (χ0) is 19.8. The highest BCUT2D eigenvalue weighted by Crippen LogP contribution is 2.28. The van der Waals surface area contributed by atoms with Crippen molar-refractivity contribution in [1.82, 2.24) is 10.2 Å². The second kappa shape index (κ2) is 9.99. The molecule has 0 amide bonds. The smallest absolute Gasteiger partial charge is 0.193 e. The number of piperazine rings is 1. The SMILES string of the molecule is CN=C(NCC(OC)c1ccccc1)N1CCN(c2ccccc2OC)CC1. The summed E-state index contributed by atoms with van der Waals surface area (Å²) in [6, 6.07) is 18.4. The molecule has 1 N–H and O–H groups in total. The zero-order valence-electron chi connectivity index (χ0n) is 17.0. The van der Waals surface area contributed by atoms with Crippen LogP contribution in [0.2, 0.25) is 0 Å². The summed E-state index contributed by atoms with van der Waals surface area (Å²) in [5, 5.41) is 3.47. The molecule has 2 aromatic rings. The molecule has 2 aromatic carbocycles. The third-order valence-corrected chi connectivity index (χ3v) is 5.12. The lowest BCUT2D eigenvalue weighted by atomic mass is 10.1. The van der Waals surface area contributed by atoms with Gasteiger partial charge >= 0.3 is 0 Å². The molecule has 1 aliphatic rings. The van der Waals surface area contributed by atoms with Crippen LogP contribution in [0.1, 0.15) is 11.7 Å². The second-order valence-electron chi connectivity index (χ2n) is 6.71. The van der Waals surface area contributed by atoms with Gasteiger partial charge in [0, 0.05) is 46.9 Å². The Hall–Kier alpha value is -2.73. The van der Waals surface area contributed by atoms with Crippen LogP contribution in [0.3, 0.4) is 0 Å². The van der Waals surface area contributed by atoms with E-state index in [1.807, 2.05) is 37.4 Å². The van der Waals surface area contributed by atoms with E-state index < -0.39 is 0 Å². The van der Waals surface area contributed by atoms with Gasteiger partial charge in [0.15, 0.2) is 5.96 Å². The largest absolute Gasteiger partial charge is 0.495 e. The molecular formula is C22H30N4O2. The molecule has 1 fully saturated rings. The number of methoxy groups -OCH3 is 2. The molecule has 1 heterocycles. The number of ether oxygens (including phenoxy) is 2. The molecule has 0 radical (unpaired) electrons. The molecule has 6 nitrogen and oxygen atoms in total. The first kappa shape index (κ1) is 20.0. The highest BCUT2D eigenvalue weighted by atomic mass is 16.5. The summed E-state index contributed by atoms with van der Waals surface area (Å²) >= 11 is 0. The number of anilines is 1. The van der Waals surface area contributed by atoms with Gasteiger partial charge in [-0.25, -0.2) is 0 Å². The first-order valence-electron chi connectivity index (χ1n) is 9.68. The van der Waals surface area contributed by atoms with E-state index in [2.05, 4.69) is 44.4 Å². The molecule has 0 spiro atoms. The van der Waals surface area contributed by atoms with Gasteiger partial charge in [-0.05, 0) is 17.7 Å². The molecule has 0 bridgehead atoms.